The van der Waals surface area contributed by atoms with Gasteiger partial charge in [0.25, 0.3) is 0 Å². The molecule has 2 aromatic rings. The molecule has 0 unspecified atom stereocenters. The van der Waals surface area contributed by atoms with Crippen LogP contribution in [-0.2, 0) is 6.54 Å². The number of benzene rings is 2. The van der Waals surface area contributed by atoms with Crippen LogP contribution in [0, 0.1) is 6.92 Å². The van der Waals surface area contributed by atoms with E-state index < -0.39 is 0 Å². The molecule has 0 aliphatic heterocycles. The van der Waals surface area contributed by atoms with Gasteiger partial charge >= 0.3 is 0 Å². The molecule has 0 bridgehead atoms. The number of halogens is 1. The molecule has 0 aliphatic rings. The fourth-order valence-electron chi connectivity index (χ4n) is 1.90. The van der Waals surface area contributed by atoms with E-state index in [0.717, 1.165) is 34.1 Å². The largest absolute Gasteiger partial charge is 0.490 e. The van der Waals surface area contributed by atoms with E-state index in [2.05, 4.69) is 18.0 Å². The topological polar surface area (TPSA) is 21.3 Å². The van der Waals surface area contributed by atoms with Crippen LogP contribution in [0.1, 0.15) is 11.1 Å². The van der Waals surface area contributed by atoms with Crippen molar-refractivity contribution in [3.8, 4) is 5.75 Å². The summed E-state index contributed by atoms with van der Waals surface area (Å²) in [5.41, 5.74) is 3.27. The summed E-state index contributed by atoms with van der Waals surface area (Å²) >= 11 is 6.11. The molecule has 0 radical (unpaired) electrons. The maximum absolute atomic E-state index is 6.11. The number of nitrogens with one attached hydrogen (secondary N) is 1. The third kappa shape index (κ3) is 3.78. The smallest absolute Gasteiger partial charge is 0.120 e. The zero-order chi connectivity index (χ0) is 14.4. The van der Waals surface area contributed by atoms with Crippen molar-refractivity contribution in [3.63, 3.8) is 0 Å². The molecule has 104 valence electrons. The van der Waals surface area contributed by atoms with Crippen molar-refractivity contribution in [1.29, 1.82) is 0 Å². The van der Waals surface area contributed by atoms with E-state index in [-0.39, 0.29) is 0 Å². The number of hydrogen-bond donors (Lipinski definition) is 1. The summed E-state index contributed by atoms with van der Waals surface area (Å²) in [6.45, 7) is 6.90. The molecule has 2 aromatic carbocycles. The molecule has 0 saturated carbocycles. The third-order valence-electron chi connectivity index (χ3n) is 3.02. The summed E-state index contributed by atoms with van der Waals surface area (Å²) < 4.78 is 5.52. The van der Waals surface area contributed by atoms with Gasteiger partial charge in [0, 0.05) is 17.3 Å². The summed E-state index contributed by atoms with van der Waals surface area (Å²) in [6, 6.07) is 13.9. The summed E-state index contributed by atoms with van der Waals surface area (Å²) in [5, 5.41) is 4.17. The molecule has 0 amide bonds. The first kappa shape index (κ1) is 14.5. The van der Waals surface area contributed by atoms with Gasteiger partial charge in [-0.2, -0.15) is 0 Å². The van der Waals surface area contributed by atoms with Crippen molar-refractivity contribution in [2.75, 3.05) is 11.9 Å². The average Bonchev–Trinajstić information content (AvgIpc) is 2.47. The molecule has 0 heterocycles. The van der Waals surface area contributed by atoms with Gasteiger partial charge in [-0.1, -0.05) is 42.5 Å². The standard InChI is InChI=1S/C17H18ClNO/c1-3-10-20-15-7-4-6-14(11-15)12-19-17-9-5-8-16(18)13(17)2/h3-9,11,19H,1,10,12H2,2H3. The molecule has 0 spiro atoms. The van der Waals surface area contributed by atoms with Crippen LogP contribution >= 0.6 is 11.6 Å². The van der Waals surface area contributed by atoms with E-state index in [0.29, 0.717) is 6.61 Å². The third-order valence-corrected chi connectivity index (χ3v) is 3.43. The molecular formula is C17H18ClNO. The van der Waals surface area contributed by atoms with Gasteiger partial charge in [-0.3, -0.25) is 0 Å². The maximum atomic E-state index is 6.11. The summed E-state index contributed by atoms with van der Waals surface area (Å²) in [6.07, 6.45) is 1.74. The monoisotopic (exact) mass is 287 g/mol. The Morgan fingerprint density at radius 3 is 2.85 bits per heavy atom. The van der Waals surface area contributed by atoms with Gasteiger partial charge in [0.15, 0.2) is 0 Å². The van der Waals surface area contributed by atoms with Crippen LogP contribution in [0.2, 0.25) is 5.02 Å². The number of anilines is 1. The Bertz CT molecular complexity index is 595. The Balaban J connectivity index is 2.03. The zero-order valence-electron chi connectivity index (χ0n) is 11.5. The van der Waals surface area contributed by atoms with Crippen LogP contribution in [0.25, 0.3) is 0 Å². The second kappa shape index (κ2) is 7.01. The van der Waals surface area contributed by atoms with Gasteiger partial charge in [0.2, 0.25) is 0 Å². The molecule has 3 heteroatoms. The molecule has 0 atom stereocenters. The normalized spacial score (nSPS) is 10.1. The number of ether oxygens (including phenoxy) is 1. The predicted molar refractivity (Wildman–Crippen MR) is 85.6 cm³/mol. The van der Waals surface area contributed by atoms with Crippen LogP contribution in [-0.4, -0.2) is 6.61 Å². The van der Waals surface area contributed by atoms with Crippen molar-refractivity contribution in [1.82, 2.24) is 0 Å². The van der Waals surface area contributed by atoms with Crippen molar-refractivity contribution in [3.05, 3.63) is 71.3 Å². The minimum atomic E-state index is 0.518. The molecule has 2 nitrogen and oxygen atoms in total. The molecular weight excluding hydrogens is 270 g/mol. The molecule has 1 N–H and O–H groups in total. The molecule has 0 aromatic heterocycles. The molecule has 2 rings (SSSR count). The lowest BCUT2D eigenvalue weighted by Gasteiger charge is -2.11. The highest BCUT2D eigenvalue weighted by Crippen LogP contribution is 2.23. The van der Waals surface area contributed by atoms with Gasteiger partial charge < -0.3 is 10.1 Å². The van der Waals surface area contributed by atoms with Crippen LogP contribution in [0.15, 0.2) is 55.1 Å². The lowest BCUT2D eigenvalue weighted by Crippen LogP contribution is -2.02. The van der Waals surface area contributed by atoms with Crippen LogP contribution in [0.4, 0.5) is 5.69 Å². The number of rotatable bonds is 6. The highest BCUT2D eigenvalue weighted by Gasteiger charge is 2.02. The van der Waals surface area contributed by atoms with E-state index in [4.69, 9.17) is 16.3 Å². The van der Waals surface area contributed by atoms with E-state index in [1.54, 1.807) is 6.08 Å². The van der Waals surface area contributed by atoms with E-state index in [1.807, 2.05) is 43.3 Å². The Morgan fingerprint density at radius 2 is 2.05 bits per heavy atom. The Kier molecular flexibility index (Phi) is 5.08. The van der Waals surface area contributed by atoms with Crippen LogP contribution in [0.3, 0.4) is 0 Å². The number of hydrogen-bond acceptors (Lipinski definition) is 2. The second-order valence-corrected chi connectivity index (χ2v) is 4.92. The maximum Gasteiger partial charge on any atom is 0.120 e. The minimum absolute atomic E-state index is 0.518. The average molecular weight is 288 g/mol. The Labute approximate surface area is 125 Å². The second-order valence-electron chi connectivity index (χ2n) is 4.51. The van der Waals surface area contributed by atoms with Crippen LogP contribution in [0.5, 0.6) is 5.75 Å². The van der Waals surface area contributed by atoms with Gasteiger partial charge in [-0.15, -0.1) is 0 Å². The first-order valence-electron chi connectivity index (χ1n) is 6.52. The van der Waals surface area contributed by atoms with Gasteiger partial charge in [-0.05, 0) is 42.3 Å². The summed E-state index contributed by atoms with van der Waals surface area (Å²) in [4.78, 5) is 0. The predicted octanol–water partition coefficient (Wildman–Crippen LogP) is 4.83. The lowest BCUT2D eigenvalue weighted by molar-refractivity contribution is 0.363. The SMILES string of the molecule is C=CCOc1cccc(CNc2cccc(Cl)c2C)c1. The highest BCUT2D eigenvalue weighted by atomic mass is 35.5. The van der Waals surface area contributed by atoms with Crippen molar-refractivity contribution in [2.45, 2.75) is 13.5 Å². The van der Waals surface area contributed by atoms with Gasteiger partial charge in [0.1, 0.15) is 12.4 Å². The minimum Gasteiger partial charge on any atom is -0.490 e. The van der Waals surface area contributed by atoms with Gasteiger partial charge in [0.05, 0.1) is 0 Å². The molecule has 0 saturated heterocycles. The van der Waals surface area contributed by atoms with Crippen molar-refractivity contribution < 1.29 is 4.74 Å². The van der Waals surface area contributed by atoms with Crippen LogP contribution < -0.4 is 10.1 Å². The molecule has 0 fully saturated rings. The van der Waals surface area contributed by atoms with Gasteiger partial charge in [-0.25, -0.2) is 0 Å². The molecule has 0 aliphatic carbocycles. The fraction of sp³-hybridized carbons (Fsp3) is 0.176. The summed E-state index contributed by atoms with van der Waals surface area (Å²) in [5.74, 6) is 0.854. The first-order valence-corrected chi connectivity index (χ1v) is 6.90. The Morgan fingerprint density at radius 1 is 1.25 bits per heavy atom. The zero-order valence-corrected chi connectivity index (χ0v) is 12.3. The van der Waals surface area contributed by atoms with E-state index in [1.165, 1.54) is 0 Å². The summed E-state index contributed by atoms with van der Waals surface area (Å²) in [7, 11) is 0. The van der Waals surface area contributed by atoms with Crippen molar-refractivity contribution >= 4 is 17.3 Å². The van der Waals surface area contributed by atoms with E-state index >= 15 is 0 Å². The first-order chi connectivity index (χ1) is 9.70. The fourth-order valence-corrected chi connectivity index (χ4v) is 2.07. The molecule has 20 heavy (non-hydrogen) atoms. The quantitative estimate of drug-likeness (QED) is 0.769. The Hall–Kier alpha value is -1.93. The van der Waals surface area contributed by atoms with E-state index in [9.17, 15) is 0 Å². The van der Waals surface area contributed by atoms with Crippen molar-refractivity contribution in [2.24, 2.45) is 0 Å². The highest BCUT2D eigenvalue weighted by molar-refractivity contribution is 6.31. The lowest BCUT2D eigenvalue weighted by atomic mass is 10.1.